The molecule has 0 unspecified atom stereocenters. The second-order valence-electron chi connectivity index (χ2n) is 12.1. The van der Waals surface area contributed by atoms with Gasteiger partial charge in [-0.25, -0.2) is 0 Å². The van der Waals surface area contributed by atoms with Crippen LogP contribution in [0.15, 0.2) is 109 Å². The van der Waals surface area contributed by atoms with Gasteiger partial charge in [0, 0.05) is 42.6 Å². The summed E-state index contributed by atoms with van der Waals surface area (Å²) in [7, 11) is 0. The van der Waals surface area contributed by atoms with Crippen LogP contribution in [0.2, 0.25) is 5.02 Å². The van der Waals surface area contributed by atoms with Crippen LogP contribution in [0.25, 0.3) is 5.57 Å². The zero-order valence-electron chi connectivity index (χ0n) is 28.2. The van der Waals surface area contributed by atoms with Crippen molar-refractivity contribution >= 4 is 41.8 Å². The number of likely N-dealkylation sites (tertiary alicyclic amines) is 1. The summed E-state index contributed by atoms with van der Waals surface area (Å²) in [4.78, 5) is 13.2. The number of hydrogen-bond acceptors (Lipinski definition) is 5. The van der Waals surface area contributed by atoms with E-state index < -0.39 is 0 Å². The van der Waals surface area contributed by atoms with E-state index in [1.807, 2.05) is 49.4 Å². The van der Waals surface area contributed by atoms with E-state index in [1.54, 1.807) is 17.9 Å². The van der Waals surface area contributed by atoms with Gasteiger partial charge >= 0.3 is 0 Å². The summed E-state index contributed by atoms with van der Waals surface area (Å²) in [5, 5.41) is 4.36. The smallest absolute Gasteiger partial charge is 0.142 e. The molecular formula is C41H52ClN3OS. The third kappa shape index (κ3) is 12.6. The number of carbonyl (C=O) groups excluding carboxylic acids is 1. The molecule has 0 aromatic heterocycles. The third-order valence-corrected chi connectivity index (χ3v) is 9.04. The molecule has 1 aliphatic heterocycles. The van der Waals surface area contributed by atoms with Crippen molar-refractivity contribution in [2.75, 3.05) is 25.1 Å². The Balaban J connectivity index is 0.000000518. The summed E-state index contributed by atoms with van der Waals surface area (Å²) in [6.07, 6.45) is 16.5. The van der Waals surface area contributed by atoms with Gasteiger partial charge in [0.1, 0.15) is 6.29 Å². The fourth-order valence-electron chi connectivity index (χ4n) is 6.17. The van der Waals surface area contributed by atoms with Gasteiger partial charge < -0.3 is 16.0 Å². The van der Waals surface area contributed by atoms with Gasteiger partial charge in [0.2, 0.25) is 0 Å². The third-order valence-electron chi connectivity index (χ3n) is 8.79. The monoisotopic (exact) mass is 669 g/mol. The first-order valence-electron chi connectivity index (χ1n) is 16.6. The molecule has 1 heterocycles. The standard InChI is InChI=1S/C33H41N3O.C7H7Cl.CH4S/c1-25(8-7-21-37)33-22-31(34)17-16-29(33)23-35-19-18-27-12-14-28(15-13-27)32-11-4-3-10-30(32)24-36-20-6-5-9-26(36)2;1-6-2-4-7(8)5-3-6;1-2/h3-4,7-8,10-11,16-18,21-22,28,35H,1-2,5-6,9,12-15,19-20,23-24,34H2;2-5H,1H3;2H,1H3/b8-7+,27-18?;;. The van der Waals surface area contributed by atoms with Crippen LogP contribution in [0, 0.1) is 6.92 Å². The quantitative estimate of drug-likeness (QED) is 0.0382. The second-order valence-corrected chi connectivity index (χ2v) is 12.6. The number of anilines is 1. The van der Waals surface area contributed by atoms with Gasteiger partial charge in [-0.3, -0.25) is 4.79 Å². The van der Waals surface area contributed by atoms with Gasteiger partial charge in [-0.1, -0.05) is 90.5 Å². The van der Waals surface area contributed by atoms with E-state index in [-0.39, 0.29) is 0 Å². The van der Waals surface area contributed by atoms with Crippen LogP contribution in [-0.4, -0.2) is 30.5 Å². The number of rotatable bonds is 10. The highest BCUT2D eigenvalue weighted by Crippen LogP contribution is 2.37. The summed E-state index contributed by atoms with van der Waals surface area (Å²) in [6.45, 7) is 14.2. The van der Waals surface area contributed by atoms with Crippen molar-refractivity contribution in [3.05, 3.63) is 142 Å². The van der Waals surface area contributed by atoms with Crippen molar-refractivity contribution < 1.29 is 4.79 Å². The van der Waals surface area contributed by atoms with E-state index in [0.29, 0.717) is 11.6 Å². The minimum absolute atomic E-state index is 0.641. The summed E-state index contributed by atoms with van der Waals surface area (Å²) in [5.41, 5.74) is 16.7. The lowest BCUT2D eigenvalue weighted by atomic mass is 9.79. The molecule has 2 aliphatic rings. The summed E-state index contributed by atoms with van der Waals surface area (Å²) >= 11 is 9.14. The minimum atomic E-state index is 0.641. The molecule has 47 heavy (non-hydrogen) atoms. The zero-order chi connectivity index (χ0) is 34.0. The fourth-order valence-corrected chi connectivity index (χ4v) is 6.30. The van der Waals surface area contributed by atoms with Crippen molar-refractivity contribution in [3.8, 4) is 0 Å². The second kappa shape index (κ2) is 20.7. The van der Waals surface area contributed by atoms with Crippen LogP contribution in [0.1, 0.15) is 78.7 Å². The van der Waals surface area contributed by atoms with Gasteiger partial charge in [-0.15, -0.1) is 0 Å². The Morgan fingerprint density at radius 1 is 1.02 bits per heavy atom. The molecule has 1 saturated carbocycles. The number of nitrogens with one attached hydrogen (secondary N) is 1. The normalized spacial score (nSPS) is 16.1. The minimum Gasteiger partial charge on any atom is -0.399 e. The van der Waals surface area contributed by atoms with Crippen LogP contribution < -0.4 is 11.1 Å². The summed E-state index contributed by atoms with van der Waals surface area (Å²) in [5.74, 6) is 0.641. The van der Waals surface area contributed by atoms with E-state index in [1.165, 1.54) is 54.1 Å². The van der Waals surface area contributed by atoms with E-state index in [9.17, 15) is 4.79 Å². The molecule has 0 spiro atoms. The first-order valence-corrected chi connectivity index (χ1v) is 17.9. The lowest BCUT2D eigenvalue weighted by Crippen LogP contribution is -2.27. The molecule has 0 bridgehead atoms. The topological polar surface area (TPSA) is 58.4 Å². The van der Waals surface area contributed by atoms with Crippen molar-refractivity contribution in [3.63, 3.8) is 0 Å². The predicted octanol–water partition coefficient (Wildman–Crippen LogP) is 10.1. The number of aldehydes is 1. The SMILES string of the molecule is C=C(/C=C/C=O)c1cc(N)ccc1CNCC=C1CCC(c2ccccc2CN2CCCCC2=C)CC1.CS.Cc1ccc(Cl)cc1. The van der Waals surface area contributed by atoms with E-state index in [4.69, 9.17) is 17.3 Å². The average Bonchev–Trinajstić information content (AvgIpc) is 3.10. The van der Waals surface area contributed by atoms with Crippen LogP contribution in [-0.2, 0) is 17.9 Å². The first kappa shape index (κ1) is 37.9. The molecule has 1 aliphatic carbocycles. The van der Waals surface area contributed by atoms with Crippen LogP contribution >= 0.6 is 24.2 Å². The number of benzene rings is 3. The van der Waals surface area contributed by atoms with Gasteiger partial charge in [0.25, 0.3) is 0 Å². The maximum Gasteiger partial charge on any atom is 0.142 e. The number of allylic oxidation sites excluding steroid dienone is 5. The van der Waals surface area contributed by atoms with Gasteiger partial charge in [0.15, 0.2) is 0 Å². The molecule has 3 N–H and O–H groups in total. The van der Waals surface area contributed by atoms with Crippen molar-refractivity contribution in [2.24, 2.45) is 0 Å². The molecule has 0 amide bonds. The van der Waals surface area contributed by atoms with Gasteiger partial charge in [-0.05, 0) is 122 Å². The fraction of sp³-hybridized carbons (Fsp3) is 0.341. The first-order chi connectivity index (χ1) is 22.8. The Morgan fingerprint density at radius 3 is 2.43 bits per heavy atom. The molecule has 0 radical (unpaired) electrons. The van der Waals surface area contributed by atoms with Crippen molar-refractivity contribution in [1.29, 1.82) is 0 Å². The number of piperidine rings is 1. The molecule has 4 nitrogen and oxygen atoms in total. The van der Waals surface area contributed by atoms with Gasteiger partial charge in [-0.2, -0.15) is 12.6 Å². The number of hydrogen-bond donors (Lipinski definition) is 3. The summed E-state index contributed by atoms with van der Waals surface area (Å²) < 4.78 is 0. The molecular weight excluding hydrogens is 618 g/mol. The van der Waals surface area contributed by atoms with Crippen LogP contribution in [0.4, 0.5) is 5.69 Å². The highest BCUT2D eigenvalue weighted by atomic mass is 35.5. The molecule has 5 rings (SSSR count). The lowest BCUT2D eigenvalue weighted by Gasteiger charge is -2.33. The number of aryl methyl sites for hydroxylation is 1. The predicted molar refractivity (Wildman–Crippen MR) is 207 cm³/mol. The highest BCUT2D eigenvalue weighted by molar-refractivity contribution is 7.79. The number of nitrogens with zero attached hydrogens (tertiary/aromatic N) is 1. The van der Waals surface area contributed by atoms with E-state index >= 15 is 0 Å². The van der Waals surface area contributed by atoms with Crippen molar-refractivity contribution in [2.45, 2.75) is 70.9 Å². The Bertz CT molecular complexity index is 1480. The highest BCUT2D eigenvalue weighted by Gasteiger charge is 2.22. The lowest BCUT2D eigenvalue weighted by molar-refractivity contribution is -0.104. The maximum absolute atomic E-state index is 10.7. The number of carbonyl (C=O) groups is 1. The molecule has 2 fully saturated rings. The van der Waals surface area contributed by atoms with Crippen molar-refractivity contribution in [1.82, 2.24) is 10.2 Å². The van der Waals surface area contributed by atoms with Crippen LogP contribution in [0.5, 0.6) is 0 Å². The number of thiol groups is 1. The Morgan fingerprint density at radius 2 is 1.74 bits per heavy atom. The summed E-state index contributed by atoms with van der Waals surface area (Å²) in [6, 6.07) is 22.7. The Hall–Kier alpha value is -3.51. The largest absolute Gasteiger partial charge is 0.399 e. The van der Waals surface area contributed by atoms with Gasteiger partial charge in [0.05, 0.1) is 0 Å². The van der Waals surface area contributed by atoms with E-state index in [0.717, 1.165) is 73.5 Å². The number of nitrogen functional groups attached to an aromatic ring is 1. The molecule has 6 heteroatoms. The Labute approximate surface area is 293 Å². The van der Waals surface area contributed by atoms with Crippen LogP contribution in [0.3, 0.4) is 0 Å². The molecule has 0 atom stereocenters. The zero-order valence-corrected chi connectivity index (χ0v) is 29.8. The maximum atomic E-state index is 10.7. The Kier molecular flexibility index (Phi) is 16.7. The average molecular weight is 670 g/mol. The molecule has 3 aromatic rings. The molecule has 1 saturated heterocycles. The molecule has 250 valence electrons. The molecule has 3 aromatic carbocycles. The number of nitrogens with two attached hydrogens (primary N) is 1. The van der Waals surface area contributed by atoms with E-state index in [2.05, 4.69) is 66.3 Å². The number of halogens is 1.